The number of thiazole rings is 1. The molecule has 1 spiro atoms. The van der Waals surface area contributed by atoms with Crippen LogP contribution in [0.3, 0.4) is 0 Å². The number of furan rings is 1. The van der Waals surface area contributed by atoms with Crippen molar-refractivity contribution in [2.75, 3.05) is 26.2 Å². The fourth-order valence-electron chi connectivity index (χ4n) is 4.15. The maximum Gasteiger partial charge on any atom is 0.231 e. The molecule has 4 heterocycles. The Kier molecular flexibility index (Phi) is 4.02. The molecule has 4 rings (SSSR count). The largest absolute Gasteiger partial charge is 0.472 e. The van der Waals surface area contributed by atoms with Gasteiger partial charge >= 0.3 is 0 Å². The van der Waals surface area contributed by atoms with Gasteiger partial charge in [0.25, 0.3) is 0 Å². The zero-order chi connectivity index (χ0) is 16.6. The molecule has 2 saturated heterocycles. The summed E-state index contributed by atoms with van der Waals surface area (Å²) in [6.07, 6.45) is 8.03. The van der Waals surface area contributed by atoms with Crippen molar-refractivity contribution in [1.29, 1.82) is 0 Å². The van der Waals surface area contributed by atoms with Crippen molar-refractivity contribution in [3.63, 3.8) is 0 Å². The van der Waals surface area contributed by atoms with Gasteiger partial charge in [0.1, 0.15) is 0 Å². The predicted octanol–water partition coefficient (Wildman–Crippen LogP) is 2.74. The Morgan fingerprint density at radius 2 is 2.46 bits per heavy atom. The summed E-state index contributed by atoms with van der Waals surface area (Å²) in [5.74, 6) is 0.434. The topological polar surface area (TPSA) is 49.6 Å². The summed E-state index contributed by atoms with van der Waals surface area (Å²) in [7, 11) is 0. The molecule has 5 nitrogen and oxygen atoms in total. The van der Waals surface area contributed by atoms with Crippen molar-refractivity contribution in [2.24, 2.45) is 5.41 Å². The number of carbonyl (C=O) groups excluding carboxylic acids is 1. The molecule has 0 N–H and O–H groups in total. The molecule has 2 aromatic rings. The van der Waals surface area contributed by atoms with E-state index in [0.717, 1.165) is 43.2 Å². The maximum atomic E-state index is 13.2. The minimum atomic E-state index is -0.343. The summed E-state index contributed by atoms with van der Waals surface area (Å²) in [6.45, 7) is 7.69. The monoisotopic (exact) mass is 343 g/mol. The number of aromatic nitrogens is 1. The van der Waals surface area contributed by atoms with E-state index >= 15 is 0 Å². The summed E-state index contributed by atoms with van der Waals surface area (Å²) in [6, 6.07) is 1.99. The minimum Gasteiger partial charge on any atom is -0.472 e. The van der Waals surface area contributed by atoms with Crippen LogP contribution < -0.4 is 0 Å². The molecule has 0 unspecified atom stereocenters. The molecule has 2 aromatic heterocycles. The Hall–Kier alpha value is -1.92. The Balaban J connectivity index is 1.62. The molecule has 0 aliphatic carbocycles. The predicted molar refractivity (Wildman–Crippen MR) is 92.7 cm³/mol. The Bertz CT molecular complexity index is 713. The molecular formula is C18H21N3O2S. The number of likely N-dealkylation sites (tertiary alicyclic amines) is 2. The average molecular weight is 343 g/mol. The Morgan fingerprint density at radius 3 is 3.17 bits per heavy atom. The van der Waals surface area contributed by atoms with Gasteiger partial charge in [0, 0.05) is 55.8 Å². The second-order valence-corrected chi connectivity index (χ2v) is 7.60. The molecule has 126 valence electrons. The first-order valence-corrected chi connectivity index (χ1v) is 9.14. The van der Waals surface area contributed by atoms with E-state index in [2.05, 4.69) is 16.5 Å². The first kappa shape index (κ1) is 15.6. The lowest BCUT2D eigenvalue weighted by Gasteiger charge is -2.27. The Morgan fingerprint density at radius 1 is 1.54 bits per heavy atom. The van der Waals surface area contributed by atoms with Crippen molar-refractivity contribution in [3.8, 4) is 0 Å². The average Bonchev–Trinajstić information content (AvgIpc) is 3.34. The van der Waals surface area contributed by atoms with Gasteiger partial charge in [-0.3, -0.25) is 9.69 Å². The number of hydrogen-bond donors (Lipinski definition) is 0. The molecule has 2 aliphatic heterocycles. The zero-order valence-electron chi connectivity index (χ0n) is 13.6. The summed E-state index contributed by atoms with van der Waals surface area (Å²) in [5.41, 5.74) is 0.809. The smallest absolute Gasteiger partial charge is 0.231 e. The second-order valence-electron chi connectivity index (χ2n) is 6.67. The SMILES string of the molecule is C=CCN1CC[C@@]2(CN(Cc3ccoc3)C[C@H]2c2nccs2)C1=O. The van der Waals surface area contributed by atoms with Crippen molar-refractivity contribution in [3.05, 3.63) is 53.4 Å². The van der Waals surface area contributed by atoms with E-state index < -0.39 is 0 Å². The van der Waals surface area contributed by atoms with Gasteiger partial charge < -0.3 is 9.32 Å². The Labute approximate surface area is 145 Å². The summed E-state index contributed by atoms with van der Waals surface area (Å²) < 4.78 is 5.19. The van der Waals surface area contributed by atoms with Gasteiger partial charge in [-0.1, -0.05) is 6.08 Å². The fourth-order valence-corrected chi connectivity index (χ4v) is 4.99. The van der Waals surface area contributed by atoms with Crippen LogP contribution >= 0.6 is 11.3 Å². The van der Waals surface area contributed by atoms with Crippen LogP contribution in [0.4, 0.5) is 0 Å². The van der Waals surface area contributed by atoms with Gasteiger partial charge in [-0.15, -0.1) is 17.9 Å². The van der Waals surface area contributed by atoms with Gasteiger partial charge in [-0.05, 0) is 12.5 Å². The van der Waals surface area contributed by atoms with Crippen molar-refractivity contribution >= 4 is 17.2 Å². The number of nitrogens with zero attached hydrogens (tertiary/aromatic N) is 3. The standard InChI is InChI=1S/C18H21N3O2S/c1-2-6-21-7-4-18(17(21)22)13-20(10-14-3-8-23-12-14)11-15(18)16-19-5-9-24-16/h2-3,5,8-9,12,15H,1,4,6-7,10-11,13H2/t15-,18-/m0/s1. The van der Waals surface area contributed by atoms with Crippen molar-refractivity contribution < 1.29 is 9.21 Å². The highest BCUT2D eigenvalue weighted by molar-refractivity contribution is 7.09. The molecule has 0 radical (unpaired) electrons. The van der Waals surface area contributed by atoms with Crippen LogP contribution in [0.25, 0.3) is 0 Å². The number of carbonyl (C=O) groups is 1. The fraction of sp³-hybridized carbons (Fsp3) is 0.444. The third-order valence-electron chi connectivity index (χ3n) is 5.24. The van der Waals surface area contributed by atoms with Gasteiger partial charge in [0.05, 0.1) is 22.9 Å². The van der Waals surface area contributed by atoms with Crippen LogP contribution in [0.5, 0.6) is 0 Å². The molecule has 2 aliphatic rings. The van der Waals surface area contributed by atoms with Gasteiger partial charge in [0.2, 0.25) is 5.91 Å². The van der Waals surface area contributed by atoms with Crippen LogP contribution in [0, 0.1) is 5.41 Å². The van der Waals surface area contributed by atoms with Crippen LogP contribution in [-0.4, -0.2) is 46.9 Å². The van der Waals surface area contributed by atoms with Crippen LogP contribution in [-0.2, 0) is 11.3 Å². The van der Waals surface area contributed by atoms with E-state index in [1.807, 2.05) is 28.6 Å². The molecule has 24 heavy (non-hydrogen) atoms. The molecule has 0 saturated carbocycles. The van der Waals surface area contributed by atoms with E-state index in [1.54, 1.807) is 23.9 Å². The first-order valence-electron chi connectivity index (χ1n) is 8.26. The van der Waals surface area contributed by atoms with E-state index in [0.29, 0.717) is 6.54 Å². The van der Waals surface area contributed by atoms with E-state index in [1.165, 1.54) is 0 Å². The maximum absolute atomic E-state index is 13.2. The molecule has 0 bridgehead atoms. The quantitative estimate of drug-likeness (QED) is 0.783. The van der Waals surface area contributed by atoms with Gasteiger partial charge in [0.15, 0.2) is 0 Å². The number of amides is 1. The summed E-state index contributed by atoms with van der Waals surface area (Å²) in [4.78, 5) is 22.0. The molecule has 2 fully saturated rings. The van der Waals surface area contributed by atoms with E-state index in [4.69, 9.17) is 4.42 Å². The van der Waals surface area contributed by atoms with Crippen molar-refractivity contribution in [1.82, 2.24) is 14.8 Å². The lowest BCUT2D eigenvalue weighted by molar-refractivity contribution is -0.135. The first-order chi connectivity index (χ1) is 11.7. The third-order valence-corrected chi connectivity index (χ3v) is 6.13. The summed E-state index contributed by atoms with van der Waals surface area (Å²) in [5, 5.41) is 3.08. The molecule has 1 amide bonds. The molecular weight excluding hydrogens is 322 g/mol. The normalized spacial score (nSPS) is 27.4. The number of rotatable bonds is 5. The van der Waals surface area contributed by atoms with Crippen molar-refractivity contribution in [2.45, 2.75) is 18.9 Å². The van der Waals surface area contributed by atoms with Crippen LogP contribution in [0.2, 0.25) is 0 Å². The van der Waals surface area contributed by atoms with E-state index in [-0.39, 0.29) is 17.2 Å². The lowest BCUT2D eigenvalue weighted by atomic mass is 9.77. The molecule has 0 aromatic carbocycles. The highest BCUT2D eigenvalue weighted by atomic mass is 32.1. The second kappa shape index (κ2) is 6.18. The zero-order valence-corrected chi connectivity index (χ0v) is 14.4. The third kappa shape index (κ3) is 2.50. The van der Waals surface area contributed by atoms with Crippen LogP contribution in [0.15, 0.2) is 47.2 Å². The number of hydrogen-bond acceptors (Lipinski definition) is 5. The highest BCUT2D eigenvalue weighted by Crippen LogP contribution is 2.50. The minimum absolute atomic E-state index is 0.173. The van der Waals surface area contributed by atoms with Crippen LogP contribution in [0.1, 0.15) is 22.9 Å². The summed E-state index contributed by atoms with van der Waals surface area (Å²) >= 11 is 1.66. The van der Waals surface area contributed by atoms with Gasteiger partial charge in [-0.2, -0.15) is 0 Å². The lowest BCUT2D eigenvalue weighted by Crippen LogP contribution is -2.39. The molecule has 2 atom stereocenters. The van der Waals surface area contributed by atoms with E-state index in [9.17, 15) is 4.79 Å². The highest BCUT2D eigenvalue weighted by Gasteiger charge is 2.57. The van der Waals surface area contributed by atoms with Gasteiger partial charge in [-0.25, -0.2) is 4.98 Å². The molecule has 6 heteroatoms.